The molecule has 0 radical (unpaired) electrons. The Hall–Kier alpha value is -3.12. The minimum Gasteiger partial charge on any atom is -0.495 e. The van der Waals surface area contributed by atoms with E-state index in [9.17, 15) is 18.0 Å². The number of anilines is 1. The van der Waals surface area contributed by atoms with Crippen LogP contribution in [0.15, 0.2) is 39.0 Å². The van der Waals surface area contributed by atoms with Crippen LogP contribution in [-0.4, -0.2) is 58.2 Å². The summed E-state index contributed by atoms with van der Waals surface area (Å²) in [6, 6.07) is 4.77. The van der Waals surface area contributed by atoms with Gasteiger partial charge < -0.3 is 14.6 Å². The standard InChI is InChI=1S/C21H28N6O5S/c1-24-19-18(20(28)25(2)21(24)29)26(14-23-19)12-9-22-16-13-15(7-8-17(16)32-3)33(30,31)27-10-5-4-6-11-27/h7-8,13-14,22H,4-6,9-12H2,1-3H3. The molecule has 0 aliphatic carbocycles. The molecule has 0 amide bonds. The number of methoxy groups -OCH3 is 1. The average molecular weight is 477 g/mol. The summed E-state index contributed by atoms with van der Waals surface area (Å²) in [5.74, 6) is 0.515. The van der Waals surface area contributed by atoms with Crippen LogP contribution in [0.4, 0.5) is 5.69 Å². The van der Waals surface area contributed by atoms with Crippen molar-refractivity contribution in [2.24, 2.45) is 14.1 Å². The summed E-state index contributed by atoms with van der Waals surface area (Å²) in [7, 11) is 0.939. The predicted octanol–water partition coefficient (Wildman–Crippen LogP) is 0.729. The van der Waals surface area contributed by atoms with Crippen molar-refractivity contribution >= 4 is 26.9 Å². The van der Waals surface area contributed by atoms with Gasteiger partial charge in [0.2, 0.25) is 10.0 Å². The molecule has 0 unspecified atom stereocenters. The third kappa shape index (κ3) is 4.15. The second kappa shape index (κ2) is 9.02. The number of fused-ring (bicyclic) bond motifs is 1. The zero-order chi connectivity index (χ0) is 23.8. The van der Waals surface area contributed by atoms with Crippen molar-refractivity contribution in [1.29, 1.82) is 0 Å². The third-order valence-corrected chi connectivity index (χ3v) is 7.90. The zero-order valence-corrected chi connectivity index (χ0v) is 19.8. The van der Waals surface area contributed by atoms with Crippen LogP contribution in [0.25, 0.3) is 11.2 Å². The smallest absolute Gasteiger partial charge is 0.332 e. The Morgan fingerprint density at radius 3 is 2.52 bits per heavy atom. The third-order valence-electron chi connectivity index (χ3n) is 6.01. The van der Waals surface area contributed by atoms with E-state index in [4.69, 9.17) is 4.74 Å². The lowest BCUT2D eigenvalue weighted by molar-refractivity contribution is 0.346. The van der Waals surface area contributed by atoms with E-state index in [2.05, 4.69) is 10.3 Å². The van der Waals surface area contributed by atoms with E-state index >= 15 is 0 Å². The lowest BCUT2D eigenvalue weighted by Gasteiger charge is -2.26. The molecule has 1 aliphatic heterocycles. The van der Waals surface area contributed by atoms with Crippen LogP contribution in [0, 0.1) is 0 Å². The number of benzene rings is 1. The van der Waals surface area contributed by atoms with Crippen molar-refractivity contribution in [3.63, 3.8) is 0 Å². The first-order valence-electron chi connectivity index (χ1n) is 10.8. The van der Waals surface area contributed by atoms with Gasteiger partial charge in [-0.1, -0.05) is 6.42 Å². The van der Waals surface area contributed by atoms with Crippen LogP contribution >= 0.6 is 0 Å². The molecule has 178 valence electrons. The van der Waals surface area contributed by atoms with Crippen LogP contribution < -0.4 is 21.3 Å². The Morgan fingerprint density at radius 2 is 1.82 bits per heavy atom. The van der Waals surface area contributed by atoms with Crippen molar-refractivity contribution in [3.8, 4) is 5.75 Å². The van der Waals surface area contributed by atoms with Crippen LogP contribution in [0.1, 0.15) is 19.3 Å². The molecule has 0 spiro atoms. The molecular formula is C21H28N6O5S. The van der Waals surface area contributed by atoms with Gasteiger partial charge in [0.15, 0.2) is 11.2 Å². The summed E-state index contributed by atoms with van der Waals surface area (Å²) >= 11 is 0. The van der Waals surface area contributed by atoms with Gasteiger partial charge in [0, 0.05) is 40.3 Å². The summed E-state index contributed by atoms with van der Waals surface area (Å²) in [5.41, 5.74) is 0.329. The molecule has 1 aromatic carbocycles. The minimum atomic E-state index is -3.58. The van der Waals surface area contributed by atoms with Gasteiger partial charge in [-0.05, 0) is 31.0 Å². The molecule has 11 nitrogen and oxygen atoms in total. The normalized spacial score (nSPS) is 15.1. The Morgan fingerprint density at radius 1 is 1.09 bits per heavy atom. The maximum absolute atomic E-state index is 13.1. The summed E-state index contributed by atoms with van der Waals surface area (Å²) in [6.45, 7) is 1.81. The fraction of sp³-hybridized carbons (Fsp3) is 0.476. The van der Waals surface area contributed by atoms with Crippen molar-refractivity contribution < 1.29 is 13.2 Å². The topological polar surface area (TPSA) is 120 Å². The van der Waals surface area contributed by atoms with Crippen LogP contribution in [0.3, 0.4) is 0 Å². The van der Waals surface area contributed by atoms with Gasteiger partial charge in [-0.15, -0.1) is 0 Å². The number of aryl methyl sites for hydroxylation is 1. The first-order valence-corrected chi connectivity index (χ1v) is 12.2. The fourth-order valence-corrected chi connectivity index (χ4v) is 5.66. The molecule has 4 rings (SSSR count). The molecule has 3 heterocycles. The SMILES string of the molecule is COc1ccc(S(=O)(=O)N2CCCCC2)cc1NCCn1cnc2c1c(=O)n(C)c(=O)n2C. The molecule has 1 saturated heterocycles. The van der Waals surface area contributed by atoms with E-state index in [1.165, 1.54) is 29.4 Å². The maximum atomic E-state index is 13.1. The summed E-state index contributed by atoms with van der Waals surface area (Å²) < 4.78 is 37.1. The average Bonchev–Trinajstić information content (AvgIpc) is 3.26. The first kappa shape index (κ1) is 23.1. The Balaban J connectivity index is 1.57. The number of nitrogens with one attached hydrogen (secondary N) is 1. The lowest BCUT2D eigenvalue weighted by atomic mass is 10.2. The summed E-state index contributed by atoms with van der Waals surface area (Å²) in [4.78, 5) is 29.1. The van der Waals surface area contributed by atoms with Gasteiger partial charge >= 0.3 is 5.69 Å². The van der Waals surface area contributed by atoms with E-state index in [1.807, 2.05) is 0 Å². The quantitative estimate of drug-likeness (QED) is 0.534. The molecule has 1 fully saturated rings. The molecule has 0 saturated carbocycles. The Kier molecular flexibility index (Phi) is 6.30. The van der Waals surface area contributed by atoms with Gasteiger partial charge in [-0.25, -0.2) is 18.2 Å². The number of sulfonamides is 1. The van der Waals surface area contributed by atoms with E-state index < -0.39 is 21.3 Å². The zero-order valence-electron chi connectivity index (χ0n) is 18.9. The van der Waals surface area contributed by atoms with E-state index in [0.29, 0.717) is 48.8 Å². The number of nitrogens with zero attached hydrogens (tertiary/aromatic N) is 5. The molecule has 2 aromatic heterocycles. The van der Waals surface area contributed by atoms with Crippen molar-refractivity contribution in [3.05, 3.63) is 45.4 Å². The van der Waals surface area contributed by atoms with E-state index in [-0.39, 0.29) is 4.90 Å². The number of ether oxygens (including phenoxy) is 1. The lowest BCUT2D eigenvalue weighted by Crippen LogP contribution is -2.37. The molecule has 0 bridgehead atoms. The van der Waals surface area contributed by atoms with Crippen LogP contribution in [-0.2, 0) is 30.7 Å². The number of imidazole rings is 1. The Labute approximate surface area is 191 Å². The Bertz CT molecular complexity index is 1400. The monoisotopic (exact) mass is 476 g/mol. The highest BCUT2D eigenvalue weighted by molar-refractivity contribution is 7.89. The second-order valence-electron chi connectivity index (χ2n) is 8.07. The van der Waals surface area contributed by atoms with Gasteiger partial charge in [-0.3, -0.25) is 13.9 Å². The first-order chi connectivity index (χ1) is 15.8. The van der Waals surface area contributed by atoms with Crippen molar-refractivity contribution in [2.45, 2.75) is 30.7 Å². The highest BCUT2D eigenvalue weighted by Crippen LogP contribution is 2.29. The highest BCUT2D eigenvalue weighted by Gasteiger charge is 2.26. The molecule has 1 aliphatic rings. The molecule has 12 heteroatoms. The largest absolute Gasteiger partial charge is 0.495 e. The van der Waals surface area contributed by atoms with Crippen LogP contribution in [0.5, 0.6) is 5.75 Å². The number of piperidine rings is 1. The van der Waals surface area contributed by atoms with Crippen LogP contribution in [0.2, 0.25) is 0 Å². The second-order valence-corrected chi connectivity index (χ2v) is 10.0. The maximum Gasteiger partial charge on any atom is 0.332 e. The highest BCUT2D eigenvalue weighted by atomic mass is 32.2. The van der Waals surface area contributed by atoms with Crippen molar-refractivity contribution in [1.82, 2.24) is 23.0 Å². The summed E-state index contributed by atoms with van der Waals surface area (Å²) in [5, 5.41) is 3.21. The number of rotatable bonds is 7. The minimum absolute atomic E-state index is 0.213. The molecule has 1 N–H and O–H groups in total. The molecular weight excluding hydrogens is 448 g/mol. The molecule has 3 aromatic rings. The predicted molar refractivity (Wildman–Crippen MR) is 124 cm³/mol. The number of hydrogen-bond donors (Lipinski definition) is 1. The van der Waals surface area contributed by atoms with Crippen molar-refractivity contribution in [2.75, 3.05) is 32.1 Å². The van der Waals surface area contributed by atoms with E-state index in [1.54, 1.807) is 29.8 Å². The number of hydrogen-bond acceptors (Lipinski definition) is 7. The van der Waals surface area contributed by atoms with E-state index in [0.717, 1.165) is 23.8 Å². The fourth-order valence-electron chi connectivity index (χ4n) is 4.12. The molecule has 0 atom stereocenters. The van der Waals surface area contributed by atoms with Gasteiger partial charge in [-0.2, -0.15) is 4.31 Å². The number of aromatic nitrogens is 4. The summed E-state index contributed by atoms with van der Waals surface area (Å²) in [6.07, 6.45) is 4.29. The molecule has 33 heavy (non-hydrogen) atoms. The van der Waals surface area contributed by atoms with Gasteiger partial charge in [0.1, 0.15) is 5.75 Å². The van der Waals surface area contributed by atoms with Gasteiger partial charge in [0.05, 0.1) is 24.0 Å². The van der Waals surface area contributed by atoms with Gasteiger partial charge in [0.25, 0.3) is 5.56 Å².